The molecule has 0 aromatic heterocycles. The normalized spacial score (nSPS) is 10.9. The van der Waals surface area contributed by atoms with Crippen molar-refractivity contribution in [1.29, 1.82) is 0 Å². The summed E-state index contributed by atoms with van der Waals surface area (Å²) in [5, 5.41) is 38.1. The summed E-state index contributed by atoms with van der Waals surface area (Å²) >= 11 is 0. The zero-order chi connectivity index (χ0) is 22.6. The minimum absolute atomic E-state index is 0.146. The van der Waals surface area contributed by atoms with Crippen molar-refractivity contribution in [2.45, 2.75) is 52.4 Å². The molecule has 0 fully saturated rings. The van der Waals surface area contributed by atoms with Gasteiger partial charge in [0.15, 0.2) is 0 Å². The number of benzene rings is 2. The average molecular weight is 416 g/mol. The number of fused-ring (bicyclic) bond motifs is 1. The molecule has 2 aromatic carbocycles. The Balaban J connectivity index is 2.95. The lowest BCUT2D eigenvalue weighted by atomic mass is 9.83. The molecule has 160 valence electrons. The maximum Gasteiger partial charge on any atom is 0.336 e. The fraction of sp³-hybridized carbons (Fsp3) is 0.364. The molecule has 0 unspecified atom stereocenters. The van der Waals surface area contributed by atoms with Gasteiger partial charge < -0.3 is 20.4 Å². The topological polar surface area (TPSA) is 149 Å². The van der Waals surface area contributed by atoms with Crippen LogP contribution in [0.5, 0.6) is 0 Å². The molecule has 8 nitrogen and oxygen atoms in total. The van der Waals surface area contributed by atoms with E-state index in [0.29, 0.717) is 6.42 Å². The van der Waals surface area contributed by atoms with Gasteiger partial charge in [-0.05, 0) is 43.0 Å². The Morgan fingerprint density at radius 1 is 0.700 bits per heavy atom. The molecular formula is C22H24O8. The minimum Gasteiger partial charge on any atom is -0.478 e. The number of hydrogen-bond acceptors (Lipinski definition) is 4. The largest absolute Gasteiger partial charge is 0.478 e. The number of unbranched alkanes of at least 4 members (excludes halogenated alkanes) is 4. The zero-order valence-corrected chi connectivity index (χ0v) is 16.8. The van der Waals surface area contributed by atoms with Crippen molar-refractivity contribution in [3.05, 3.63) is 45.5 Å². The smallest absolute Gasteiger partial charge is 0.336 e. The van der Waals surface area contributed by atoms with Crippen molar-refractivity contribution in [1.82, 2.24) is 0 Å². The van der Waals surface area contributed by atoms with E-state index in [-0.39, 0.29) is 39.4 Å². The monoisotopic (exact) mass is 416 g/mol. The first kappa shape index (κ1) is 22.9. The number of carbonyl (C=O) groups is 4. The highest BCUT2D eigenvalue weighted by atomic mass is 16.4. The Hall–Kier alpha value is -3.42. The summed E-state index contributed by atoms with van der Waals surface area (Å²) in [6.45, 7) is 3.50. The highest BCUT2D eigenvalue weighted by Gasteiger charge is 2.30. The van der Waals surface area contributed by atoms with Crippen LogP contribution in [0.25, 0.3) is 10.8 Å². The highest BCUT2D eigenvalue weighted by Crippen LogP contribution is 2.36. The van der Waals surface area contributed by atoms with Crippen molar-refractivity contribution >= 4 is 34.6 Å². The molecule has 0 aliphatic rings. The van der Waals surface area contributed by atoms with Crippen molar-refractivity contribution in [3.8, 4) is 0 Å². The predicted molar refractivity (Wildman–Crippen MR) is 109 cm³/mol. The summed E-state index contributed by atoms with van der Waals surface area (Å²) in [5.41, 5.74) is -1.24. The second-order valence-corrected chi connectivity index (χ2v) is 7.15. The van der Waals surface area contributed by atoms with Crippen LogP contribution in [0, 0.1) is 6.92 Å². The fourth-order valence-corrected chi connectivity index (χ4v) is 3.88. The van der Waals surface area contributed by atoms with E-state index in [1.165, 1.54) is 6.92 Å². The van der Waals surface area contributed by atoms with Crippen molar-refractivity contribution in [2.24, 2.45) is 0 Å². The second-order valence-electron chi connectivity index (χ2n) is 7.15. The summed E-state index contributed by atoms with van der Waals surface area (Å²) in [4.78, 5) is 47.8. The Morgan fingerprint density at radius 3 is 1.60 bits per heavy atom. The standard InChI is InChI=1S/C22H24O8/c1-3-4-5-6-7-8-12-11(2)15(21(27)28)16-13(19(23)24)9-10-14(20(25)26)17(16)18(12)22(29)30/h9-10H,3-8H2,1-2H3,(H,23,24)(H,25,26)(H,27,28)(H,29,30). The number of carboxylic acids is 4. The molecule has 2 aromatic rings. The average Bonchev–Trinajstić information content (AvgIpc) is 2.66. The molecule has 0 atom stereocenters. The first-order chi connectivity index (χ1) is 14.1. The summed E-state index contributed by atoms with van der Waals surface area (Å²) in [5.74, 6) is -5.80. The first-order valence-corrected chi connectivity index (χ1v) is 9.68. The van der Waals surface area contributed by atoms with Crippen molar-refractivity contribution < 1.29 is 39.6 Å². The van der Waals surface area contributed by atoms with Gasteiger partial charge in [-0.25, -0.2) is 19.2 Å². The quantitative estimate of drug-likeness (QED) is 0.415. The zero-order valence-electron chi connectivity index (χ0n) is 16.8. The molecule has 2 rings (SSSR count). The number of carboxylic acid groups (broad SMARTS) is 4. The van der Waals surface area contributed by atoms with E-state index >= 15 is 0 Å². The van der Waals surface area contributed by atoms with E-state index in [1.807, 2.05) is 0 Å². The van der Waals surface area contributed by atoms with Gasteiger partial charge in [-0.15, -0.1) is 0 Å². The maximum atomic E-state index is 12.2. The SMILES string of the molecule is CCCCCCCc1c(C)c(C(=O)O)c2c(C(=O)O)ccc(C(=O)O)c2c1C(=O)O. The van der Waals surface area contributed by atoms with Gasteiger partial charge in [0.05, 0.1) is 22.3 Å². The molecular weight excluding hydrogens is 392 g/mol. The molecule has 0 spiro atoms. The summed E-state index contributed by atoms with van der Waals surface area (Å²) in [6.07, 6.45) is 4.66. The van der Waals surface area contributed by atoms with Gasteiger partial charge in [0.2, 0.25) is 0 Å². The van der Waals surface area contributed by atoms with Crippen LogP contribution in [-0.2, 0) is 6.42 Å². The van der Waals surface area contributed by atoms with Crippen molar-refractivity contribution in [3.63, 3.8) is 0 Å². The molecule has 0 aliphatic heterocycles. The molecule has 0 saturated carbocycles. The highest BCUT2D eigenvalue weighted by molar-refractivity contribution is 6.23. The molecule has 0 saturated heterocycles. The van der Waals surface area contributed by atoms with E-state index in [0.717, 1.165) is 37.8 Å². The molecule has 0 bridgehead atoms. The third-order valence-electron chi connectivity index (χ3n) is 5.25. The molecule has 30 heavy (non-hydrogen) atoms. The van der Waals surface area contributed by atoms with Crippen LogP contribution in [0.1, 0.15) is 91.6 Å². The van der Waals surface area contributed by atoms with Gasteiger partial charge >= 0.3 is 23.9 Å². The van der Waals surface area contributed by atoms with Crippen LogP contribution < -0.4 is 0 Å². The first-order valence-electron chi connectivity index (χ1n) is 9.68. The van der Waals surface area contributed by atoms with Gasteiger partial charge in [-0.3, -0.25) is 0 Å². The number of aromatic carboxylic acids is 4. The lowest BCUT2D eigenvalue weighted by Gasteiger charge is -2.19. The van der Waals surface area contributed by atoms with E-state index in [4.69, 9.17) is 0 Å². The van der Waals surface area contributed by atoms with E-state index < -0.39 is 35.0 Å². The van der Waals surface area contributed by atoms with Crippen LogP contribution in [0.3, 0.4) is 0 Å². The number of hydrogen-bond donors (Lipinski definition) is 4. The lowest BCUT2D eigenvalue weighted by Crippen LogP contribution is -2.16. The maximum absolute atomic E-state index is 12.2. The molecule has 0 heterocycles. The van der Waals surface area contributed by atoms with Gasteiger partial charge in [-0.2, -0.15) is 0 Å². The molecule has 8 heteroatoms. The Morgan fingerprint density at radius 2 is 1.17 bits per heavy atom. The third-order valence-corrected chi connectivity index (χ3v) is 5.25. The molecule has 4 N–H and O–H groups in total. The minimum atomic E-state index is -1.47. The summed E-state index contributed by atoms with van der Waals surface area (Å²) < 4.78 is 0. The van der Waals surface area contributed by atoms with Crippen LogP contribution >= 0.6 is 0 Å². The van der Waals surface area contributed by atoms with Crippen molar-refractivity contribution in [2.75, 3.05) is 0 Å². The number of rotatable bonds is 10. The van der Waals surface area contributed by atoms with Crippen LogP contribution in [0.4, 0.5) is 0 Å². The molecule has 0 aliphatic carbocycles. The molecule has 0 amide bonds. The van der Waals surface area contributed by atoms with Gasteiger partial charge in [0.25, 0.3) is 0 Å². The van der Waals surface area contributed by atoms with Gasteiger partial charge in [-0.1, -0.05) is 32.6 Å². The second kappa shape index (κ2) is 9.39. The Kier molecular flexibility index (Phi) is 7.15. The van der Waals surface area contributed by atoms with Crippen LogP contribution in [0.2, 0.25) is 0 Å². The van der Waals surface area contributed by atoms with Gasteiger partial charge in [0.1, 0.15) is 0 Å². The molecule has 0 radical (unpaired) electrons. The van der Waals surface area contributed by atoms with E-state index in [1.54, 1.807) is 0 Å². The van der Waals surface area contributed by atoms with Crippen LogP contribution in [-0.4, -0.2) is 44.3 Å². The lowest BCUT2D eigenvalue weighted by molar-refractivity contribution is 0.0674. The van der Waals surface area contributed by atoms with E-state index in [2.05, 4.69) is 6.92 Å². The fourth-order valence-electron chi connectivity index (χ4n) is 3.88. The van der Waals surface area contributed by atoms with E-state index in [9.17, 15) is 39.6 Å². The Labute approximate surface area is 172 Å². The summed E-state index contributed by atoms with van der Waals surface area (Å²) in [6, 6.07) is 2.00. The third kappa shape index (κ3) is 4.27. The Bertz CT molecular complexity index is 1040. The summed E-state index contributed by atoms with van der Waals surface area (Å²) in [7, 11) is 0. The predicted octanol–water partition coefficient (Wildman–Crippen LogP) is 4.45. The van der Waals surface area contributed by atoms with Crippen LogP contribution in [0.15, 0.2) is 12.1 Å². The van der Waals surface area contributed by atoms with Gasteiger partial charge in [0, 0.05) is 10.8 Å².